The largest absolute Gasteiger partial charge is 0.476 e. The van der Waals surface area contributed by atoms with Crippen molar-refractivity contribution in [1.29, 1.82) is 0 Å². The van der Waals surface area contributed by atoms with E-state index in [2.05, 4.69) is 21.6 Å². The third-order valence-corrected chi connectivity index (χ3v) is 4.24. The van der Waals surface area contributed by atoms with Gasteiger partial charge in [-0.2, -0.15) is 0 Å². The minimum Gasteiger partial charge on any atom is -0.476 e. The Morgan fingerprint density at radius 2 is 2.07 bits per heavy atom. The molecule has 140 valence electrons. The molecule has 27 heavy (non-hydrogen) atoms. The molecule has 0 saturated heterocycles. The van der Waals surface area contributed by atoms with Crippen LogP contribution in [0.3, 0.4) is 0 Å². The number of nitrogens with one attached hydrogen (secondary N) is 1. The zero-order valence-corrected chi connectivity index (χ0v) is 18.5. The second-order valence-corrected chi connectivity index (χ2v) is 6.41. The number of benzene rings is 1. The summed E-state index contributed by atoms with van der Waals surface area (Å²) in [6.07, 6.45) is 2.66. The molecule has 0 aliphatic carbocycles. The number of carboxylic acids is 1. The molecule has 1 atom stereocenters. The van der Waals surface area contributed by atoms with Crippen molar-refractivity contribution in [2.75, 3.05) is 5.32 Å². The number of hydrogen-bond acceptors (Lipinski definition) is 5. The van der Waals surface area contributed by atoms with Gasteiger partial charge in [0.1, 0.15) is 10.7 Å². The van der Waals surface area contributed by atoms with Gasteiger partial charge in [-0.05, 0) is 43.9 Å². The molecule has 0 saturated carbocycles. The van der Waals surface area contributed by atoms with Gasteiger partial charge in [0.15, 0.2) is 5.69 Å². The number of pyridine rings is 1. The van der Waals surface area contributed by atoms with Crippen LogP contribution in [0, 0.1) is 13.3 Å². The van der Waals surface area contributed by atoms with Crippen molar-refractivity contribution in [1.82, 2.24) is 14.5 Å². The van der Waals surface area contributed by atoms with Crippen LogP contribution in [0.2, 0.25) is 5.15 Å². The van der Waals surface area contributed by atoms with E-state index >= 15 is 0 Å². The van der Waals surface area contributed by atoms with Crippen LogP contribution in [-0.4, -0.2) is 25.6 Å². The Balaban J connectivity index is 0.00000261. The molecule has 0 radical (unpaired) electrons. The molecule has 3 aromatic rings. The number of halogens is 1. The molecule has 1 aromatic carbocycles. The second kappa shape index (κ2) is 8.19. The molecule has 7 nitrogen and oxygen atoms in total. The number of fused-ring (bicyclic) bond motifs is 1. The van der Waals surface area contributed by atoms with Crippen molar-refractivity contribution < 1.29 is 31.0 Å². The first-order valence-corrected chi connectivity index (χ1v) is 8.21. The van der Waals surface area contributed by atoms with Gasteiger partial charge in [-0.25, -0.2) is 9.78 Å². The van der Waals surface area contributed by atoms with Crippen LogP contribution in [0.5, 0.6) is 0 Å². The summed E-state index contributed by atoms with van der Waals surface area (Å²) in [5, 5.41) is 13.0. The van der Waals surface area contributed by atoms with E-state index in [1.807, 2.05) is 19.9 Å². The van der Waals surface area contributed by atoms with Gasteiger partial charge >= 0.3 is 5.97 Å². The fourth-order valence-electron chi connectivity index (χ4n) is 2.80. The molecule has 0 aliphatic rings. The summed E-state index contributed by atoms with van der Waals surface area (Å²) in [5.74, 6) is -1.18. The molecule has 3 rings (SSSR count). The van der Waals surface area contributed by atoms with Crippen molar-refractivity contribution in [2.45, 2.75) is 19.9 Å². The summed E-state index contributed by atoms with van der Waals surface area (Å²) >= 11 is 5.79. The summed E-state index contributed by atoms with van der Waals surface area (Å²) in [6.45, 7) is 3.74. The van der Waals surface area contributed by atoms with Crippen LogP contribution >= 0.6 is 11.6 Å². The number of rotatable bonds is 4. The van der Waals surface area contributed by atoms with Crippen molar-refractivity contribution in [3.05, 3.63) is 62.9 Å². The monoisotopic (exact) mass is 555 g/mol. The van der Waals surface area contributed by atoms with E-state index in [0.29, 0.717) is 16.6 Å². The Labute approximate surface area is 174 Å². The van der Waals surface area contributed by atoms with E-state index in [0.717, 1.165) is 11.1 Å². The van der Waals surface area contributed by atoms with Crippen LogP contribution in [0.15, 0.2) is 29.1 Å². The number of carboxylic acid groups (broad SMARTS) is 1. The standard InChI is InChI=1S/C18H16ClN4O3.W/c1-9-6-11(15-12(7-9)17(24)23(3)8-20-15)10(2)21-13-4-5-14(19)22-16(13)18(25)26;/h4-7,10,21H,1-3H3,(H,25,26);/q-1;. The SMILES string of the molecule is Cc1cc(C(C)Nc2ccc(Cl)nc2C(=O)O)c2n[c-]n(C)c(=O)c2c1.[W]. The summed E-state index contributed by atoms with van der Waals surface area (Å²) < 4.78 is 1.30. The quantitative estimate of drug-likeness (QED) is 0.380. The van der Waals surface area contributed by atoms with Gasteiger partial charge in [-0.1, -0.05) is 34.9 Å². The number of aromatic nitrogens is 3. The smallest absolute Gasteiger partial charge is 0.356 e. The fraction of sp³-hybridized carbons (Fsp3) is 0.222. The average molecular weight is 556 g/mol. The molecule has 0 bridgehead atoms. The Morgan fingerprint density at radius 1 is 1.37 bits per heavy atom. The molecule has 0 amide bonds. The van der Waals surface area contributed by atoms with Crippen LogP contribution in [0.1, 0.15) is 34.6 Å². The third-order valence-electron chi connectivity index (χ3n) is 4.03. The minimum absolute atomic E-state index is 0. The molecular formula is C18H16ClN4O3W-. The topological polar surface area (TPSA) is 97.1 Å². The Kier molecular flexibility index (Phi) is 6.39. The number of carbonyl (C=O) groups is 1. The number of hydrogen-bond donors (Lipinski definition) is 2. The van der Waals surface area contributed by atoms with E-state index in [9.17, 15) is 14.7 Å². The van der Waals surface area contributed by atoms with E-state index in [1.165, 1.54) is 10.6 Å². The van der Waals surface area contributed by atoms with Crippen molar-refractivity contribution in [3.8, 4) is 0 Å². The normalized spacial score (nSPS) is 11.7. The van der Waals surface area contributed by atoms with Gasteiger partial charge in [0.05, 0.1) is 5.69 Å². The first-order chi connectivity index (χ1) is 12.3. The predicted molar refractivity (Wildman–Crippen MR) is 98.8 cm³/mol. The third kappa shape index (κ3) is 4.20. The molecule has 9 heteroatoms. The summed E-state index contributed by atoms with van der Waals surface area (Å²) in [4.78, 5) is 31.9. The first-order valence-electron chi connectivity index (χ1n) is 7.83. The Morgan fingerprint density at radius 3 is 2.74 bits per heavy atom. The van der Waals surface area contributed by atoms with Gasteiger partial charge in [0, 0.05) is 33.4 Å². The van der Waals surface area contributed by atoms with Crippen LogP contribution in [0.4, 0.5) is 5.69 Å². The average Bonchev–Trinajstić information content (AvgIpc) is 2.59. The molecule has 2 heterocycles. The van der Waals surface area contributed by atoms with E-state index in [1.54, 1.807) is 19.2 Å². The van der Waals surface area contributed by atoms with Crippen LogP contribution < -0.4 is 10.9 Å². The van der Waals surface area contributed by atoms with Gasteiger partial charge < -0.3 is 24.8 Å². The van der Waals surface area contributed by atoms with E-state index in [-0.39, 0.29) is 43.5 Å². The Hall–Kier alpha value is -2.24. The summed E-state index contributed by atoms with van der Waals surface area (Å²) in [5.41, 5.74) is 2.16. The maximum atomic E-state index is 12.4. The number of anilines is 1. The van der Waals surface area contributed by atoms with Crippen molar-refractivity contribution >= 4 is 34.2 Å². The second-order valence-electron chi connectivity index (χ2n) is 6.03. The van der Waals surface area contributed by atoms with Crippen LogP contribution in [0.25, 0.3) is 10.9 Å². The maximum Gasteiger partial charge on any atom is 0.356 e. The molecule has 2 aromatic heterocycles. The van der Waals surface area contributed by atoms with Gasteiger partial charge in [0.25, 0.3) is 0 Å². The van der Waals surface area contributed by atoms with Crippen molar-refractivity contribution in [2.24, 2.45) is 7.05 Å². The zero-order valence-electron chi connectivity index (χ0n) is 14.8. The van der Waals surface area contributed by atoms with E-state index < -0.39 is 5.97 Å². The van der Waals surface area contributed by atoms with Crippen molar-refractivity contribution in [3.63, 3.8) is 0 Å². The van der Waals surface area contributed by atoms with Gasteiger partial charge in [-0.15, -0.1) is 0 Å². The molecule has 1 unspecified atom stereocenters. The molecular weight excluding hydrogens is 540 g/mol. The summed E-state index contributed by atoms with van der Waals surface area (Å²) in [7, 11) is 1.59. The fourth-order valence-corrected chi connectivity index (χ4v) is 2.95. The number of aryl methyl sites for hydroxylation is 2. The molecule has 0 fully saturated rings. The molecule has 2 N–H and O–H groups in total. The van der Waals surface area contributed by atoms with Crippen LogP contribution in [-0.2, 0) is 28.1 Å². The number of nitrogens with zero attached hydrogens (tertiary/aromatic N) is 3. The maximum absolute atomic E-state index is 12.4. The molecule has 0 aliphatic heterocycles. The predicted octanol–water partition coefficient (Wildman–Crippen LogP) is 2.96. The van der Waals surface area contributed by atoms with Gasteiger partial charge in [-0.3, -0.25) is 0 Å². The summed E-state index contributed by atoms with van der Waals surface area (Å²) in [6, 6.07) is 6.43. The first kappa shape index (κ1) is 21.1. The minimum atomic E-state index is -1.18. The Bertz CT molecular complexity index is 1080. The molecule has 0 spiro atoms. The van der Waals surface area contributed by atoms with E-state index in [4.69, 9.17) is 11.6 Å². The van der Waals surface area contributed by atoms with Gasteiger partial charge in [0.2, 0.25) is 0 Å². The zero-order chi connectivity index (χ0) is 19.0. The number of aromatic carboxylic acids is 1.